The number of anilines is 1. The van der Waals surface area contributed by atoms with Crippen LogP contribution in [0.3, 0.4) is 0 Å². The van der Waals surface area contributed by atoms with Gasteiger partial charge >= 0.3 is 5.97 Å². The van der Waals surface area contributed by atoms with Gasteiger partial charge in [0.2, 0.25) is 11.8 Å². The molecule has 0 atom stereocenters. The van der Waals surface area contributed by atoms with Gasteiger partial charge in [-0.05, 0) is 31.0 Å². The second kappa shape index (κ2) is 10.4. The highest BCUT2D eigenvalue weighted by Gasteiger charge is 2.11. The zero-order valence-electron chi connectivity index (χ0n) is 16.3. The maximum absolute atomic E-state index is 12.0. The first-order valence-electron chi connectivity index (χ1n) is 8.71. The first-order chi connectivity index (χ1) is 13.8. The molecule has 0 aliphatic heterocycles. The molecule has 1 aromatic heterocycles. The smallest absolute Gasteiger partial charge is 0.311 e. The summed E-state index contributed by atoms with van der Waals surface area (Å²) < 4.78 is 4.54. The third-order valence-corrected chi connectivity index (χ3v) is 4.86. The number of aromatic amines is 1. The molecule has 0 aliphatic carbocycles. The van der Waals surface area contributed by atoms with Gasteiger partial charge in [0, 0.05) is 11.8 Å². The lowest BCUT2D eigenvalue weighted by Crippen LogP contribution is -2.34. The summed E-state index contributed by atoms with van der Waals surface area (Å²) in [6.07, 6.45) is -0.140. The summed E-state index contributed by atoms with van der Waals surface area (Å²) in [5.74, 6) is -1.32. The number of H-pyrrole nitrogens is 1. The minimum absolute atomic E-state index is 0.0542. The summed E-state index contributed by atoms with van der Waals surface area (Å²) in [6, 6.07) is 6.78. The predicted octanol–water partition coefficient (Wildman–Crippen LogP) is 0.949. The number of methoxy groups -OCH3 is 1. The van der Waals surface area contributed by atoms with E-state index < -0.39 is 17.4 Å². The molecule has 1 aromatic carbocycles. The zero-order chi connectivity index (χ0) is 21.4. The quantitative estimate of drug-likeness (QED) is 0.330. The van der Waals surface area contributed by atoms with E-state index in [1.807, 2.05) is 26.0 Å². The zero-order valence-corrected chi connectivity index (χ0v) is 17.1. The van der Waals surface area contributed by atoms with Crippen molar-refractivity contribution in [3.63, 3.8) is 0 Å². The Labute approximate surface area is 171 Å². The van der Waals surface area contributed by atoms with E-state index in [1.54, 1.807) is 6.07 Å². The molecular formula is C19H22N4O5S. The molecule has 10 heteroatoms. The maximum atomic E-state index is 12.0. The molecule has 1 heterocycles. The van der Waals surface area contributed by atoms with E-state index in [-0.39, 0.29) is 35.5 Å². The maximum Gasteiger partial charge on any atom is 0.311 e. The van der Waals surface area contributed by atoms with E-state index in [0.717, 1.165) is 22.9 Å². The second-order valence-corrected chi connectivity index (χ2v) is 7.12. The predicted molar refractivity (Wildman–Crippen MR) is 109 cm³/mol. The molecule has 0 bridgehead atoms. The lowest BCUT2D eigenvalue weighted by molar-refractivity contribution is -0.139. The van der Waals surface area contributed by atoms with Crippen LogP contribution in [0.1, 0.15) is 16.8 Å². The van der Waals surface area contributed by atoms with Crippen molar-refractivity contribution in [3.8, 4) is 0 Å². The van der Waals surface area contributed by atoms with Gasteiger partial charge in [0.15, 0.2) is 5.16 Å². The van der Waals surface area contributed by atoms with Gasteiger partial charge in [-0.25, -0.2) is 4.98 Å². The minimum Gasteiger partial charge on any atom is -0.469 e. The van der Waals surface area contributed by atoms with Crippen LogP contribution in [0.25, 0.3) is 0 Å². The number of benzene rings is 1. The SMILES string of the molecule is COC(=O)Cc1cc(=O)[nH]c(SCC(=O)NCC(=O)Nc2cccc(C)c2C)n1. The van der Waals surface area contributed by atoms with Crippen LogP contribution in [0.5, 0.6) is 0 Å². The fraction of sp³-hybridized carbons (Fsp3) is 0.316. The van der Waals surface area contributed by atoms with E-state index >= 15 is 0 Å². The molecular weight excluding hydrogens is 396 g/mol. The van der Waals surface area contributed by atoms with Crippen LogP contribution in [0.2, 0.25) is 0 Å². The molecule has 0 radical (unpaired) electrons. The number of esters is 1. The van der Waals surface area contributed by atoms with Crippen molar-refractivity contribution in [2.75, 3.05) is 24.7 Å². The minimum atomic E-state index is -0.522. The number of aryl methyl sites for hydroxylation is 1. The van der Waals surface area contributed by atoms with Crippen LogP contribution in [-0.4, -0.2) is 47.2 Å². The van der Waals surface area contributed by atoms with Gasteiger partial charge in [-0.3, -0.25) is 19.2 Å². The molecule has 0 aliphatic rings. The third kappa shape index (κ3) is 7.07. The fourth-order valence-electron chi connectivity index (χ4n) is 2.31. The van der Waals surface area contributed by atoms with Gasteiger partial charge < -0.3 is 20.4 Å². The summed E-state index contributed by atoms with van der Waals surface area (Å²) in [5.41, 5.74) is 2.53. The standard InChI is InChI=1S/C19H22N4O5S/c1-11-5-4-6-14(12(11)2)22-16(25)9-20-17(26)10-29-19-21-13(7-15(24)23-19)8-18(27)28-3/h4-7H,8-10H2,1-3H3,(H,20,26)(H,22,25)(H,21,23,24). The summed E-state index contributed by atoms with van der Waals surface area (Å²) in [6.45, 7) is 3.67. The number of nitrogens with zero attached hydrogens (tertiary/aromatic N) is 1. The largest absolute Gasteiger partial charge is 0.469 e. The summed E-state index contributed by atoms with van der Waals surface area (Å²) >= 11 is 0.989. The van der Waals surface area contributed by atoms with Crippen molar-refractivity contribution < 1.29 is 19.1 Å². The Morgan fingerprint density at radius 1 is 1.21 bits per heavy atom. The molecule has 0 saturated carbocycles. The Hall–Kier alpha value is -3.14. The first-order valence-corrected chi connectivity index (χ1v) is 9.69. The second-order valence-electron chi connectivity index (χ2n) is 6.16. The van der Waals surface area contributed by atoms with Gasteiger partial charge in [0.05, 0.1) is 31.5 Å². The highest BCUT2D eigenvalue weighted by atomic mass is 32.2. The van der Waals surface area contributed by atoms with Crippen molar-refractivity contribution in [1.29, 1.82) is 0 Å². The number of aromatic nitrogens is 2. The van der Waals surface area contributed by atoms with Crippen molar-refractivity contribution in [1.82, 2.24) is 15.3 Å². The molecule has 0 unspecified atom stereocenters. The third-order valence-electron chi connectivity index (χ3n) is 3.99. The molecule has 2 rings (SSSR count). The van der Waals surface area contributed by atoms with Crippen LogP contribution >= 0.6 is 11.8 Å². The normalized spacial score (nSPS) is 10.3. The number of hydrogen-bond acceptors (Lipinski definition) is 7. The fourth-order valence-corrected chi connectivity index (χ4v) is 3.03. The first kappa shape index (κ1) is 22.2. The monoisotopic (exact) mass is 418 g/mol. The Morgan fingerprint density at radius 2 is 1.97 bits per heavy atom. The van der Waals surface area contributed by atoms with Crippen LogP contribution in [0.4, 0.5) is 5.69 Å². The van der Waals surface area contributed by atoms with Crippen LogP contribution in [-0.2, 0) is 25.5 Å². The molecule has 0 spiro atoms. The Morgan fingerprint density at radius 3 is 2.69 bits per heavy atom. The molecule has 2 aromatic rings. The number of rotatable bonds is 8. The number of ether oxygens (including phenoxy) is 1. The number of amides is 2. The van der Waals surface area contributed by atoms with E-state index in [4.69, 9.17) is 0 Å². The Kier molecular flexibility index (Phi) is 7.96. The van der Waals surface area contributed by atoms with E-state index in [2.05, 4.69) is 25.3 Å². The Bertz CT molecular complexity index is 973. The number of thioether (sulfide) groups is 1. The average molecular weight is 418 g/mol. The van der Waals surface area contributed by atoms with E-state index in [9.17, 15) is 19.2 Å². The van der Waals surface area contributed by atoms with Gasteiger partial charge in [-0.2, -0.15) is 0 Å². The van der Waals surface area contributed by atoms with Crippen LogP contribution < -0.4 is 16.2 Å². The number of carbonyl (C=O) groups excluding carboxylic acids is 3. The van der Waals surface area contributed by atoms with Crippen molar-refractivity contribution in [3.05, 3.63) is 51.4 Å². The molecule has 154 valence electrons. The lowest BCUT2D eigenvalue weighted by atomic mass is 10.1. The Balaban J connectivity index is 1.84. The number of hydrogen-bond donors (Lipinski definition) is 3. The molecule has 29 heavy (non-hydrogen) atoms. The topological polar surface area (TPSA) is 130 Å². The van der Waals surface area contributed by atoms with Crippen molar-refractivity contribution in [2.24, 2.45) is 0 Å². The van der Waals surface area contributed by atoms with E-state index in [1.165, 1.54) is 13.2 Å². The van der Waals surface area contributed by atoms with Gasteiger partial charge in [-0.1, -0.05) is 23.9 Å². The summed E-state index contributed by atoms with van der Waals surface area (Å²) in [4.78, 5) is 53.6. The lowest BCUT2D eigenvalue weighted by Gasteiger charge is -2.11. The molecule has 9 nitrogen and oxygen atoms in total. The van der Waals surface area contributed by atoms with Gasteiger partial charge in [0.1, 0.15) is 0 Å². The highest BCUT2D eigenvalue weighted by molar-refractivity contribution is 7.99. The van der Waals surface area contributed by atoms with Crippen molar-refractivity contribution in [2.45, 2.75) is 25.4 Å². The van der Waals surface area contributed by atoms with Gasteiger partial charge in [-0.15, -0.1) is 0 Å². The van der Waals surface area contributed by atoms with Crippen LogP contribution in [0.15, 0.2) is 34.2 Å². The summed E-state index contributed by atoms with van der Waals surface area (Å²) in [5, 5.41) is 5.47. The van der Waals surface area contributed by atoms with Crippen LogP contribution in [0, 0.1) is 13.8 Å². The average Bonchev–Trinajstić information content (AvgIpc) is 2.67. The van der Waals surface area contributed by atoms with Crippen molar-refractivity contribution >= 4 is 35.2 Å². The van der Waals surface area contributed by atoms with Gasteiger partial charge in [0.25, 0.3) is 5.56 Å². The number of nitrogens with one attached hydrogen (secondary N) is 3. The molecule has 3 N–H and O–H groups in total. The summed E-state index contributed by atoms with van der Waals surface area (Å²) in [7, 11) is 1.24. The number of carbonyl (C=O) groups is 3. The molecule has 0 saturated heterocycles. The van der Waals surface area contributed by atoms with E-state index in [0.29, 0.717) is 5.69 Å². The highest BCUT2D eigenvalue weighted by Crippen LogP contribution is 2.17. The molecule has 0 fully saturated rings. The molecule has 2 amide bonds.